The van der Waals surface area contributed by atoms with Gasteiger partial charge in [-0.15, -0.1) is 0 Å². The summed E-state index contributed by atoms with van der Waals surface area (Å²) >= 11 is 0. The summed E-state index contributed by atoms with van der Waals surface area (Å²) in [5.41, 5.74) is 1.79. The van der Waals surface area contributed by atoms with Gasteiger partial charge in [0.05, 0.1) is 22.5 Å². The van der Waals surface area contributed by atoms with Gasteiger partial charge in [0.15, 0.2) is 0 Å². The maximum absolute atomic E-state index is 12.5. The minimum absolute atomic E-state index is 0.306. The second-order valence-electron chi connectivity index (χ2n) is 8.54. The van der Waals surface area contributed by atoms with Crippen molar-refractivity contribution >= 4 is 21.1 Å². The molecule has 4 rings (SSSR count). The van der Waals surface area contributed by atoms with E-state index in [2.05, 4.69) is 16.4 Å². The van der Waals surface area contributed by atoms with Crippen molar-refractivity contribution in [3.05, 3.63) is 24.0 Å². The van der Waals surface area contributed by atoms with Crippen LogP contribution in [0.4, 0.5) is 0 Å². The predicted molar refractivity (Wildman–Crippen MR) is 112 cm³/mol. The van der Waals surface area contributed by atoms with Crippen molar-refractivity contribution in [2.24, 2.45) is 11.8 Å². The molecular formula is C21H32N4O2S. The van der Waals surface area contributed by atoms with Crippen LogP contribution in [0.2, 0.25) is 0 Å². The molecule has 0 spiro atoms. The Morgan fingerprint density at radius 2 is 1.89 bits per heavy atom. The Kier molecular flexibility index (Phi) is 5.51. The molecule has 2 atom stereocenters. The Hall–Kier alpha value is -1.44. The van der Waals surface area contributed by atoms with Gasteiger partial charge in [0.1, 0.15) is 5.82 Å². The highest BCUT2D eigenvalue weighted by atomic mass is 32.2. The summed E-state index contributed by atoms with van der Waals surface area (Å²) in [6, 6.07) is 5.32. The summed E-state index contributed by atoms with van der Waals surface area (Å²) in [6.45, 7) is 6.14. The fraction of sp³-hybridized carbons (Fsp3) is 0.667. The highest BCUT2D eigenvalue weighted by molar-refractivity contribution is 7.89. The summed E-state index contributed by atoms with van der Waals surface area (Å²) in [5, 5.41) is 0. The number of likely N-dealkylation sites (tertiary alicyclic amines) is 1. The highest BCUT2D eigenvalue weighted by Crippen LogP contribution is 2.36. The molecule has 1 aliphatic heterocycles. The van der Waals surface area contributed by atoms with E-state index in [-0.39, 0.29) is 0 Å². The van der Waals surface area contributed by atoms with Crippen LogP contribution in [0.3, 0.4) is 0 Å². The summed E-state index contributed by atoms with van der Waals surface area (Å²) in [5.74, 6) is 2.82. The van der Waals surface area contributed by atoms with Crippen LogP contribution in [0.5, 0.6) is 0 Å². The molecule has 28 heavy (non-hydrogen) atoms. The summed E-state index contributed by atoms with van der Waals surface area (Å²) in [6.07, 6.45) is 6.88. The summed E-state index contributed by atoms with van der Waals surface area (Å²) < 4.78 is 28.4. The fourth-order valence-corrected chi connectivity index (χ4v) is 5.95. The number of piperidine rings is 1. The third-order valence-corrected chi connectivity index (χ3v) is 8.44. The number of aryl methyl sites for hydroxylation is 1. The van der Waals surface area contributed by atoms with Crippen LogP contribution >= 0.6 is 0 Å². The smallest absolute Gasteiger partial charge is 0.242 e. The maximum atomic E-state index is 12.5. The molecule has 0 bridgehead atoms. The first kappa shape index (κ1) is 19.9. The van der Waals surface area contributed by atoms with Crippen molar-refractivity contribution in [3.8, 4) is 0 Å². The molecule has 1 aliphatic carbocycles. The second-order valence-corrected chi connectivity index (χ2v) is 10.7. The first-order chi connectivity index (χ1) is 13.4. The maximum Gasteiger partial charge on any atom is 0.242 e. The van der Waals surface area contributed by atoms with Gasteiger partial charge in [0, 0.05) is 27.2 Å². The molecule has 154 valence electrons. The summed E-state index contributed by atoms with van der Waals surface area (Å²) in [7, 11) is -0.326. The molecule has 0 unspecified atom stereocenters. The first-order valence-corrected chi connectivity index (χ1v) is 12.0. The van der Waals surface area contributed by atoms with Crippen LogP contribution in [-0.2, 0) is 23.1 Å². The highest BCUT2D eigenvalue weighted by Gasteiger charge is 2.31. The standard InChI is InChI=1S/C21H32N4O2S/c1-4-25-20-10-9-18(28(26,27)23(2)3)13-19(20)22-21(25)15-24-12-11-16-7-5-6-8-17(16)14-24/h9-10,13,16-17H,4-8,11-12,14-15H2,1-3H3/t16-,17+/m0/s1. The Morgan fingerprint density at radius 3 is 2.61 bits per heavy atom. The van der Waals surface area contributed by atoms with E-state index < -0.39 is 10.0 Å². The number of benzene rings is 1. The zero-order chi connectivity index (χ0) is 19.9. The fourth-order valence-electron chi connectivity index (χ4n) is 5.02. The van der Waals surface area contributed by atoms with Gasteiger partial charge in [-0.25, -0.2) is 17.7 Å². The number of aromatic nitrogens is 2. The summed E-state index contributed by atoms with van der Waals surface area (Å²) in [4.78, 5) is 7.71. The van der Waals surface area contributed by atoms with Gasteiger partial charge < -0.3 is 4.57 Å². The van der Waals surface area contributed by atoms with Crippen LogP contribution in [0.25, 0.3) is 11.0 Å². The average Bonchev–Trinajstić information content (AvgIpc) is 3.03. The molecule has 2 heterocycles. The zero-order valence-corrected chi connectivity index (χ0v) is 18.1. The number of nitrogens with zero attached hydrogens (tertiary/aromatic N) is 4. The quantitative estimate of drug-likeness (QED) is 0.767. The number of imidazole rings is 1. The lowest BCUT2D eigenvalue weighted by Crippen LogP contribution is -2.41. The predicted octanol–water partition coefficient (Wildman–Crippen LogP) is 3.32. The van der Waals surface area contributed by atoms with Crippen LogP contribution in [0.1, 0.15) is 44.9 Å². The minimum Gasteiger partial charge on any atom is -0.327 e. The topological polar surface area (TPSA) is 58.4 Å². The molecule has 0 radical (unpaired) electrons. The van der Waals surface area contributed by atoms with E-state index in [1.54, 1.807) is 26.2 Å². The molecule has 6 nitrogen and oxygen atoms in total. The molecule has 0 N–H and O–H groups in total. The Bertz CT molecular complexity index is 951. The number of fused-ring (bicyclic) bond motifs is 2. The minimum atomic E-state index is -3.45. The largest absolute Gasteiger partial charge is 0.327 e. The van der Waals surface area contributed by atoms with Gasteiger partial charge in [-0.1, -0.05) is 19.3 Å². The molecule has 1 aromatic heterocycles. The van der Waals surface area contributed by atoms with Crippen molar-refractivity contribution in [1.29, 1.82) is 0 Å². The zero-order valence-electron chi connectivity index (χ0n) is 17.3. The average molecular weight is 405 g/mol. The van der Waals surface area contributed by atoms with E-state index in [1.165, 1.54) is 43.0 Å². The Labute approximate surface area is 168 Å². The van der Waals surface area contributed by atoms with E-state index in [0.717, 1.165) is 48.3 Å². The van der Waals surface area contributed by atoms with E-state index in [1.807, 2.05) is 6.07 Å². The number of rotatable bonds is 5. The van der Waals surface area contributed by atoms with Crippen LogP contribution in [-0.4, -0.2) is 54.4 Å². The molecule has 1 saturated heterocycles. The monoisotopic (exact) mass is 404 g/mol. The van der Waals surface area contributed by atoms with E-state index in [0.29, 0.717) is 4.90 Å². The van der Waals surface area contributed by atoms with Crippen molar-refractivity contribution in [2.75, 3.05) is 27.2 Å². The van der Waals surface area contributed by atoms with Crippen LogP contribution < -0.4 is 0 Å². The first-order valence-electron chi connectivity index (χ1n) is 10.5. The van der Waals surface area contributed by atoms with Gasteiger partial charge in [-0.3, -0.25) is 4.90 Å². The van der Waals surface area contributed by atoms with Crippen molar-refractivity contribution in [1.82, 2.24) is 18.8 Å². The van der Waals surface area contributed by atoms with Gasteiger partial charge in [0.25, 0.3) is 0 Å². The van der Waals surface area contributed by atoms with Gasteiger partial charge >= 0.3 is 0 Å². The molecule has 2 aromatic rings. The number of sulfonamides is 1. The third kappa shape index (κ3) is 3.60. The number of hydrogen-bond donors (Lipinski definition) is 0. The molecule has 7 heteroatoms. The van der Waals surface area contributed by atoms with Gasteiger partial charge in [-0.2, -0.15) is 0 Å². The van der Waals surface area contributed by atoms with Gasteiger partial charge in [-0.05, 0) is 56.3 Å². The van der Waals surface area contributed by atoms with Crippen molar-refractivity contribution in [3.63, 3.8) is 0 Å². The lowest BCUT2D eigenvalue weighted by Gasteiger charge is -2.41. The van der Waals surface area contributed by atoms with Crippen LogP contribution in [0.15, 0.2) is 23.1 Å². The second kappa shape index (κ2) is 7.76. The van der Waals surface area contributed by atoms with Crippen LogP contribution in [0, 0.1) is 11.8 Å². The lowest BCUT2D eigenvalue weighted by atomic mass is 9.75. The molecule has 2 aliphatic rings. The molecule has 1 saturated carbocycles. The van der Waals surface area contributed by atoms with Crippen molar-refractivity contribution in [2.45, 2.75) is 57.0 Å². The lowest BCUT2D eigenvalue weighted by molar-refractivity contribution is 0.0797. The van der Waals surface area contributed by atoms with E-state index in [9.17, 15) is 8.42 Å². The van der Waals surface area contributed by atoms with Crippen molar-refractivity contribution < 1.29 is 8.42 Å². The number of hydrogen-bond acceptors (Lipinski definition) is 4. The Morgan fingerprint density at radius 1 is 1.14 bits per heavy atom. The third-order valence-electron chi connectivity index (χ3n) is 6.63. The normalized spacial score (nSPS) is 24.0. The van der Waals surface area contributed by atoms with E-state index in [4.69, 9.17) is 4.98 Å². The SMILES string of the molecule is CCn1c(CN2CC[C@@H]3CCCC[C@@H]3C2)nc2cc(S(=O)(=O)N(C)C)ccc21. The molecule has 0 amide bonds. The van der Waals surface area contributed by atoms with Gasteiger partial charge in [0.2, 0.25) is 10.0 Å². The van der Waals surface area contributed by atoms with E-state index >= 15 is 0 Å². The molecule has 1 aromatic carbocycles. The molecular weight excluding hydrogens is 372 g/mol. The Balaban J connectivity index is 1.60. The molecule has 2 fully saturated rings.